The molecule has 4 rings (SSSR count). The van der Waals surface area contributed by atoms with Crippen molar-refractivity contribution in [3.05, 3.63) is 65.5 Å². The number of H-pyrrole nitrogens is 1. The Kier molecular flexibility index (Phi) is 4.03. The van der Waals surface area contributed by atoms with E-state index in [0.717, 1.165) is 36.1 Å². The Morgan fingerprint density at radius 2 is 2.00 bits per heavy atom. The van der Waals surface area contributed by atoms with Gasteiger partial charge in [-0.3, -0.25) is 4.79 Å². The van der Waals surface area contributed by atoms with E-state index < -0.39 is 0 Å². The summed E-state index contributed by atoms with van der Waals surface area (Å²) in [6, 6.07) is 16.5. The molecule has 0 bridgehead atoms. The third-order valence-corrected chi connectivity index (χ3v) is 4.73. The normalized spacial score (nSPS) is 16.8. The van der Waals surface area contributed by atoms with E-state index in [9.17, 15) is 4.79 Å². The molecule has 0 saturated heterocycles. The summed E-state index contributed by atoms with van der Waals surface area (Å²) in [5.74, 6) is 0.965. The van der Waals surface area contributed by atoms with Gasteiger partial charge in [-0.1, -0.05) is 36.4 Å². The van der Waals surface area contributed by atoms with Crippen molar-refractivity contribution in [2.75, 3.05) is 0 Å². The van der Waals surface area contributed by atoms with Crippen molar-refractivity contribution >= 4 is 16.9 Å². The molecule has 0 spiro atoms. The van der Waals surface area contributed by atoms with Gasteiger partial charge in [-0.15, -0.1) is 0 Å². The second-order valence-corrected chi connectivity index (χ2v) is 6.41. The van der Waals surface area contributed by atoms with E-state index in [1.165, 1.54) is 11.1 Å². The van der Waals surface area contributed by atoms with Gasteiger partial charge in [0, 0.05) is 12.8 Å². The molecule has 1 aliphatic rings. The van der Waals surface area contributed by atoms with Gasteiger partial charge in [0.15, 0.2) is 0 Å². The number of imidazole rings is 1. The molecule has 1 aliphatic carbocycles. The summed E-state index contributed by atoms with van der Waals surface area (Å²) >= 11 is 0. The van der Waals surface area contributed by atoms with E-state index in [1.54, 1.807) is 0 Å². The van der Waals surface area contributed by atoms with Gasteiger partial charge in [0.05, 0.1) is 17.1 Å². The highest BCUT2D eigenvalue weighted by Crippen LogP contribution is 2.29. The molecule has 1 amide bonds. The largest absolute Gasteiger partial charge is 0.349 e. The molecule has 0 aliphatic heterocycles. The first-order valence-electron chi connectivity index (χ1n) is 8.60. The van der Waals surface area contributed by atoms with Crippen LogP contribution in [0.3, 0.4) is 0 Å². The number of aryl methyl sites for hydroxylation is 2. The minimum absolute atomic E-state index is 0.0946. The summed E-state index contributed by atoms with van der Waals surface area (Å²) in [5.41, 5.74) is 4.62. The number of carbonyl (C=O) groups excluding carboxylic acids is 1. The van der Waals surface area contributed by atoms with Gasteiger partial charge in [0.2, 0.25) is 5.91 Å². The number of nitrogens with zero attached hydrogens (tertiary/aromatic N) is 1. The van der Waals surface area contributed by atoms with Crippen LogP contribution in [0.15, 0.2) is 48.5 Å². The van der Waals surface area contributed by atoms with Crippen LogP contribution in [-0.2, 0) is 17.6 Å². The number of nitrogens with one attached hydrogen (secondary N) is 2. The van der Waals surface area contributed by atoms with Crippen molar-refractivity contribution in [3.63, 3.8) is 0 Å². The molecule has 2 N–H and O–H groups in total. The minimum atomic E-state index is 0.0946. The van der Waals surface area contributed by atoms with Gasteiger partial charge in [-0.25, -0.2) is 4.98 Å². The molecule has 0 saturated carbocycles. The number of hydrogen-bond donors (Lipinski definition) is 2. The van der Waals surface area contributed by atoms with Crippen LogP contribution in [0.5, 0.6) is 0 Å². The molecule has 4 heteroatoms. The van der Waals surface area contributed by atoms with E-state index in [4.69, 9.17) is 0 Å². The maximum absolute atomic E-state index is 12.4. The number of fused-ring (bicyclic) bond motifs is 2. The molecule has 1 atom stereocenters. The van der Waals surface area contributed by atoms with Gasteiger partial charge < -0.3 is 10.3 Å². The highest BCUT2D eigenvalue weighted by atomic mass is 16.1. The first-order valence-corrected chi connectivity index (χ1v) is 8.60. The monoisotopic (exact) mass is 319 g/mol. The highest BCUT2D eigenvalue weighted by Gasteiger charge is 2.21. The van der Waals surface area contributed by atoms with Crippen LogP contribution < -0.4 is 5.32 Å². The van der Waals surface area contributed by atoms with E-state index in [0.29, 0.717) is 12.8 Å². The molecule has 24 heavy (non-hydrogen) atoms. The molecular weight excluding hydrogens is 298 g/mol. The fourth-order valence-corrected chi connectivity index (χ4v) is 3.53. The number of para-hydroxylation sites is 2. The van der Waals surface area contributed by atoms with E-state index >= 15 is 0 Å². The Morgan fingerprint density at radius 1 is 1.17 bits per heavy atom. The Labute approximate surface area is 141 Å². The molecule has 1 aromatic heterocycles. The van der Waals surface area contributed by atoms with Crippen LogP contribution in [0.4, 0.5) is 0 Å². The van der Waals surface area contributed by atoms with Crippen LogP contribution in [0.2, 0.25) is 0 Å². The van der Waals surface area contributed by atoms with Crippen molar-refractivity contribution in [2.45, 2.75) is 38.1 Å². The Balaban J connectivity index is 1.39. The maximum Gasteiger partial charge on any atom is 0.220 e. The van der Waals surface area contributed by atoms with E-state index in [-0.39, 0.29) is 11.9 Å². The van der Waals surface area contributed by atoms with Gasteiger partial charge in [-0.2, -0.15) is 0 Å². The molecular formula is C20H21N3O. The SMILES string of the molecule is O=C(CCc1nc2ccccc2[nH]1)N[C@H]1CCCc2ccccc21. The van der Waals surface area contributed by atoms with Gasteiger partial charge in [0.25, 0.3) is 0 Å². The zero-order valence-corrected chi connectivity index (χ0v) is 13.6. The summed E-state index contributed by atoms with van der Waals surface area (Å²) in [6.45, 7) is 0. The number of amides is 1. The quantitative estimate of drug-likeness (QED) is 0.770. The van der Waals surface area contributed by atoms with Crippen LogP contribution in [-0.4, -0.2) is 15.9 Å². The third kappa shape index (κ3) is 3.04. The first kappa shape index (κ1) is 14.9. The lowest BCUT2D eigenvalue weighted by atomic mass is 9.87. The molecule has 0 fully saturated rings. The average molecular weight is 319 g/mol. The number of benzene rings is 2. The summed E-state index contributed by atoms with van der Waals surface area (Å²) in [6.07, 6.45) is 4.35. The Morgan fingerprint density at radius 3 is 2.92 bits per heavy atom. The molecule has 1 heterocycles. The molecule has 2 aromatic carbocycles. The van der Waals surface area contributed by atoms with Gasteiger partial charge in [-0.05, 0) is 42.5 Å². The topological polar surface area (TPSA) is 57.8 Å². The minimum Gasteiger partial charge on any atom is -0.349 e. The predicted octanol–water partition coefficient (Wildman–Crippen LogP) is 3.69. The summed E-state index contributed by atoms with van der Waals surface area (Å²) < 4.78 is 0. The zero-order chi connectivity index (χ0) is 16.4. The van der Waals surface area contributed by atoms with Crippen molar-refractivity contribution in [1.82, 2.24) is 15.3 Å². The van der Waals surface area contributed by atoms with Crippen molar-refractivity contribution in [2.24, 2.45) is 0 Å². The number of carbonyl (C=O) groups is 1. The number of aromatic amines is 1. The second kappa shape index (κ2) is 6.48. The maximum atomic E-state index is 12.4. The number of hydrogen-bond acceptors (Lipinski definition) is 2. The number of rotatable bonds is 4. The standard InChI is InChI=1S/C20H21N3O/c24-20(13-12-19-21-17-9-3-4-10-18(17)22-19)23-16-11-5-7-14-6-1-2-8-15(14)16/h1-4,6,8-10,16H,5,7,11-13H2,(H,21,22)(H,23,24)/t16-/m0/s1. The predicted molar refractivity (Wildman–Crippen MR) is 94.7 cm³/mol. The first-order chi connectivity index (χ1) is 11.8. The Hall–Kier alpha value is -2.62. The molecule has 0 unspecified atom stereocenters. The van der Waals surface area contributed by atoms with Crippen LogP contribution >= 0.6 is 0 Å². The van der Waals surface area contributed by atoms with E-state index in [2.05, 4.69) is 39.6 Å². The second-order valence-electron chi connectivity index (χ2n) is 6.41. The van der Waals surface area contributed by atoms with Crippen LogP contribution in [0.25, 0.3) is 11.0 Å². The molecule has 122 valence electrons. The summed E-state index contributed by atoms with van der Waals surface area (Å²) in [4.78, 5) is 20.2. The lowest BCUT2D eigenvalue weighted by Crippen LogP contribution is -2.31. The summed E-state index contributed by atoms with van der Waals surface area (Å²) in [7, 11) is 0. The lowest BCUT2D eigenvalue weighted by Gasteiger charge is -2.26. The van der Waals surface area contributed by atoms with Crippen LogP contribution in [0, 0.1) is 0 Å². The van der Waals surface area contributed by atoms with Crippen LogP contribution in [0.1, 0.15) is 42.3 Å². The zero-order valence-electron chi connectivity index (χ0n) is 13.6. The van der Waals surface area contributed by atoms with Crippen molar-refractivity contribution in [3.8, 4) is 0 Å². The molecule has 3 aromatic rings. The highest BCUT2D eigenvalue weighted by molar-refractivity contribution is 5.77. The van der Waals surface area contributed by atoms with Gasteiger partial charge in [0.1, 0.15) is 5.82 Å². The van der Waals surface area contributed by atoms with Crippen molar-refractivity contribution < 1.29 is 4.79 Å². The molecule has 4 nitrogen and oxygen atoms in total. The van der Waals surface area contributed by atoms with Crippen molar-refractivity contribution in [1.29, 1.82) is 0 Å². The fourth-order valence-electron chi connectivity index (χ4n) is 3.53. The third-order valence-electron chi connectivity index (χ3n) is 4.73. The average Bonchev–Trinajstić information content (AvgIpc) is 3.03. The van der Waals surface area contributed by atoms with E-state index in [1.807, 2.05) is 24.3 Å². The summed E-state index contributed by atoms with van der Waals surface area (Å²) in [5, 5.41) is 3.20. The lowest BCUT2D eigenvalue weighted by molar-refractivity contribution is -0.121. The Bertz CT molecular complexity index is 835. The van der Waals surface area contributed by atoms with Gasteiger partial charge >= 0.3 is 0 Å². The fraction of sp³-hybridized carbons (Fsp3) is 0.300. The molecule has 0 radical (unpaired) electrons. The smallest absolute Gasteiger partial charge is 0.220 e. The number of aromatic nitrogens is 2.